The Kier molecular flexibility index (Phi) is 3.32. The largest absolute Gasteiger partial charge is 0.420 e. The molecule has 1 aliphatic rings. The van der Waals surface area contributed by atoms with Crippen LogP contribution < -0.4 is 9.47 Å². The fraction of sp³-hybridized carbons (Fsp3) is 0.214. The van der Waals surface area contributed by atoms with Gasteiger partial charge in [0.1, 0.15) is 11.8 Å². The fourth-order valence-corrected chi connectivity index (χ4v) is 4.75. The molecular formula is C14H10FN4O5PS. The van der Waals surface area contributed by atoms with Crippen molar-refractivity contribution < 1.29 is 26.8 Å². The third-order valence-corrected chi connectivity index (χ3v) is 5.93. The van der Waals surface area contributed by atoms with Crippen LogP contribution >= 0.6 is 9.24 Å². The number of hydrogen-bond acceptors (Lipinski definition) is 8. The van der Waals surface area contributed by atoms with Crippen molar-refractivity contribution in [3.05, 3.63) is 29.4 Å². The van der Waals surface area contributed by atoms with Crippen molar-refractivity contribution in [3.63, 3.8) is 0 Å². The van der Waals surface area contributed by atoms with E-state index >= 15 is 0 Å². The average molecular weight is 396 g/mol. The minimum absolute atomic E-state index is 0.0189. The number of halogens is 1. The molecule has 0 amide bonds. The van der Waals surface area contributed by atoms with E-state index < -0.39 is 15.8 Å². The summed E-state index contributed by atoms with van der Waals surface area (Å²) in [6.45, 7) is 2.91. The molecule has 0 aliphatic carbocycles. The highest BCUT2D eigenvalue weighted by Gasteiger charge is 2.39. The normalized spacial score (nSPS) is 19.0. The quantitative estimate of drug-likeness (QED) is 0.603. The molecular weight excluding hydrogens is 386 g/mol. The number of hydrogen-bond donors (Lipinski definition) is 0. The standard InChI is InChI=1S/C14H10FN4O5PS/c1-6-13(7(2)24-18-6)26(20,21)19-9-4-11-10(22-14(15,25)23-11)3-8(9)17-12(19)5-16/h3-4H,25H2,1-2H3. The van der Waals surface area contributed by atoms with Crippen LogP contribution in [0.25, 0.3) is 11.0 Å². The first-order valence-corrected chi connectivity index (χ1v) is 9.16. The molecule has 0 N–H and O–H groups in total. The molecule has 2 atom stereocenters. The summed E-state index contributed by atoms with van der Waals surface area (Å²) >= 11 is 0. The van der Waals surface area contributed by atoms with Gasteiger partial charge in [-0.1, -0.05) is 5.16 Å². The summed E-state index contributed by atoms with van der Waals surface area (Å²) in [6.07, 6.45) is 0. The number of nitriles is 1. The Hall–Kier alpha value is -2.70. The minimum Gasteiger partial charge on any atom is -0.420 e. The molecule has 3 heterocycles. The molecule has 0 bridgehead atoms. The van der Waals surface area contributed by atoms with Crippen LogP contribution in [-0.2, 0) is 10.0 Å². The predicted octanol–water partition coefficient (Wildman–Crippen LogP) is 1.98. The zero-order valence-electron chi connectivity index (χ0n) is 13.3. The molecule has 0 spiro atoms. The van der Waals surface area contributed by atoms with Gasteiger partial charge in [-0.25, -0.2) is 17.4 Å². The summed E-state index contributed by atoms with van der Waals surface area (Å²) in [5.41, 5.74) is 0.301. The van der Waals surface area contributed by atoms with Gasteiger partial charge in [0, 0.05) is 12.1 Å². The van der Waals surface area contributed by atoms with Gasteiger partial charge >= 0.3 is 5.78 Å². The highest BCUT2D eigenvalue weighted by atomic mass is 32.2. The van der Waals surface area contributed by atoms with Crippen molar-refractivity contribution in [1.29, 1.82) is 5.26 Å². The highest BCUT2D eigenvalue weighted by molar-refractivity contribution is 7.90. The second-order valence-corrected chi connectivity index (χ2v) is 7.96. The van der Waals surface area contributed by atoms with Crippen LogP contribution in [0.15, 0.2) is 21.6 Å². The highest BCUT2D eigenvalue weighted by Crippen LogP contribution is 2.45. The van der Waals surface area contributed by atoms with Crippen LogP contribution in [-0.4, -0.2) is 28.3 Å². The Morgan fingerprint density at radius 2 is 1.96 bits per heavy atom. The lowest BCUT2D eigenvalue weighted by molar-refractivity contribution is -0.104. The summed E-state index contributed by atoms with van der Waals surface area (Å²) < 4.78 is 55.7. The lowest BCUT2D eigenvalue weighted by Gasteiger charge is -2.10. The SMILES string of the molecule is Cc1noc(C)c1S(=O)(=O)n1c(C#N)nc2cc3c(cc21)OC(F)(P)O3. The van der Waals surface area contributed by atoms with Crippen molar-refractivity contribution in [2.75, 3.05) is 0 Å². The third-order valence-electron chi connectivity index (χ3n) is 3.74. The van der Waals surface area contributed by atoms with E-state index in [1.807, 2.05) is 0 Å². The number of benzene rings is 1. The van der Waals surface area contributed by atoms with Crippen LogP contribution in [0.5, 0.6) is 11.5 Å². The van der Waals surface area contributed by atoms with Gasteiger partial charge in [0.15, 0.2) is 22.2 Å². The molecule has 0 saturated carbocycles. The summed E-state index contributed by atoms with van der Waals surface area (Å²) in [7, 11) is -2.50. The zero-order chi connectivity index (χ0) is 18.9. The maximum absolute atomic E-state index is 13.9. The predicted molar refractivity (Wildman–Crippen MR) is 87.8 cm³/mol. The van der Waals surface area contributed by atoms with Crippen LogP contribution in [0.3, 0.4) is 0 Å². The van der Waals surface area contributed by atoms with Crippen LogP contribution in [0.1, 0.15) is 17.3 Å². The van der Waals surface area contributed by atoms with E-state index in [1.165, 1.54) is 26.0 Å². The minimum atomic E-state index is -4.25. The van der Waals surface area contributed by atoms with E-state index in [9.17, 15) is 18.1 Å². The van der Waals surface area contributed by atoms with E-state index in [2.05, 4.69) is 10.1 Å². The summed E-state index contributed by atoms with van der Waals surface area (Å²) in [4.78, 5) is 3.83. The Morgan fingerprint density at radius 3 is 2.54 bits per heavy atom. The zero-order valence-corrected chi connectivity index (χ0v) is 15.3. The molecule has 134 valence electrons. The maximum atomic E-state index is 13.9. The Labute approximate surface area is 148 Å². The summed E-state index contributed by atoms with van der Waals surface area (Å²) in [5.74, 6) is -2.74. The number of rotatable bonds is 2. The molecule has 12 heteroatoms. The molecule has 2 unspecified atom stereocenters. The van der Waals surface area contributed by atoms with Crippen molar-refractivity contribution >= 4 is 30.3 Å². The topological polar surface area (TPSA) is 120 Å². The number of fused-ring (bicyclic) bond motifs is 2. The van der Waals surface area contributed by atoms with Crippen LogP contribution in [0.4, 0.5) is 4.39 Å². The van der Waals surface area contributed by atoms with E-state index in [0.717, 1.165) is 3.97 Å². The second-order valence-electron chi connectivity index (χ2n) is 5.54. The Morgan fingerprint density at radius 1 is 1.31 bits per heavy atom. The van der Waals surface area contributed by atoms with Gasteiger partial charge < -0.3 is 14.0 Å². The molecule has 26 heavy (non-hydrogen) atoms. The molecule has 3 aromatic rings. The van der Waals surface area contributed by atoms with Crippen molar-refractivity contribution in [2.24, 2.45) is 0 Å². The van der Waals surface area contributed by atoms with E-state index in [4.69, 9.17) is 14.0 Å². The summed E-state index contributed by atoms with van der Waals surface area (Å²) in [5, 5.41) is 13.0. The van der Waals surface area contributed by atoms with Gasteiger partial charge in [-0.3, -0.25) is 0 Å². The van der Waals surface area contributed by atoms with Gasteiger partial charge in [-0.2, -0.15) is 9.65 Å². The number of nitrogens with zero attached hydrogens (tertiary/aromatic N) is 4. The van der Waals surface area contributed by atoms with Crippen LogP contribution in [0, 0.1) is 25.2 Å². The lowest BCUT2D eigenvalue weighted by atomic mass is 10.3. The molecule has 1 aliphatic heterocycles. The molecule has 0 saturated heterocycles. The van der Waals surface area contributed by atoms with Gasteiger partial charge in [0.2, 0.25) is 5.82 Å². The second kappa shape index (κ2) is 5.16. The smallest absolute Gasteiger partial charge is 0.418 e. The number of ether oxygens (including phenoxy) is 2. The Balaban J connectivity index is 2.03. The van der Waals surface area contributed by atoms with Crippen LogP contribution in [0.2, 0.25) is 0 Å². The molecule has 2 aromatic heterocycles. The summed E-state index contributed by atoms with van der Waals surface area (Å²) in [6, 6.07) is 4.30. The molecule has 1 aromatic carbocycles. The third kappa shape index (κ3) is 2.26. The van der Waals surface area contributed by atoms with Crippen molar-refractivity contribution in [2.45, 2.75) is 24.5 Å². The number of aryl methyl sites for hydroxylation is 2. The number of imidazole rings is 1. The first-order valence-electron chi connectivity index (χ1n) is 7.15. The lowest BCUT2D eigenvalue weighted by Crippen LogP contribution is -2.23. The van der Waals surface area contributed by atoms with Gasteiger partial charge in [-0.15, -0.1) is 0 Å². The van der Waals surface area contributed by atoms with Gasteiger partial charge in [-0.05, 0) is 23.1 Å². The fourth-order valence-electron chi connectivity index (χ4n) is 2.79. The first kappa shape index (κ1) is 16.8. The van der Waals surface area contributed by atoms with E-state index in [0.29, 0.717) is 0 Å². The number of aromatic nitrogens is 3. The van der Waals surface area contributed by atoms with Gasteiger partial charge in [0.25, 0.3) is 10.0 Å². The molecule has 4 rings (SSSR count). The van der Waals surface area contributed by atoms with Gasteiger partial charge in [0.05, 0.1) is 11.0 Å². The molecule has 0 fully saturated rings. The van der Waals surface area contributed by atoms with Crippen molar-refractivity contribution in [3.8, 4) is 17.6 Å². The number of alkyl halides is 1. The Bertz CT molecular complexity index is 1200. The first-order chi connectivity index (χ1) is 12.1. The molecule has 9 nitrogen and oxygen atoms in total. The van der Waals surface area contributed by atoms with E-state index in [-0.39, 0.29) is 44.7 Å². The maximum Gasteiger partial charge on any atom is 0.418 e. The monoisotopic (exact) mass is 396 g/mol. The van der Waals surface area contributed by atoms with E-state index in [1.54, 1.807) is 15.3 Å². The average Bonchev–Trinajstić information content (AvgIpc) is 3.15. The van der Waals surface area contributed by atoms with Crippen molar-refractivity contribution in [1.82, 2.24) is 14.1 Å². The molecule has 0 radical (unpaired) electrons.